The number of aliphatic hydroxyl groups excluding tert-OH is 1. The van der Waals surface area contributed by atoms with E-state index in [1.54, 1.807) is 0 Å². The molecule has 1 aromatic carbocycles. The lowest BCUT2D eigenvalue weighted by Gasteiger charge is -2.40. The summed E-state index contributed by atoms with van der Waals surface area (Å²) in [5.74, 6) is 0. The monoisotopic (exact) mass is 290 g/mol. The summed E-state index contributed by atoms with van der Waals surface area (Å²) in [5.41, 5.74) is 2.72. The van der Waals surface area contributed by atoms with E-state index in [0.29, 0.717) is 6.61 Å². The molecule has 1 heterocycles. The predicted molar refractivity (Wildman–Crippen MR) is 89.9 cm³/mol. The van der Waals surface area contributed by atoms with E-state index in [9.17, 15) is 5.11 Å². The van der Waals surface area contributed by atoms with Gasteiger partial charge in [0.05, 0.1) is 0 Å². The molecule has 1 aromatic rings. The molecule has 1 unspecified atom stereocenters. The predicted octanol–water partition coefficient (Wildman–Crippen LogP) is 2.92. The zero-order valence-electron chi connectivity index (χ0n) is 13.8. The van der Waals surface area contributed by atoms with Crippen LogP contribution in [0.15, 0.2) is 24.3 Å². The number of benzene rings is 1. The average Bonchev–Trinajstić information content (AvgIpc) is 2.48. The van der Waals surface area contributed by atoms with Crippen molar-refractivity contribution >= 4 is 5.69 Å². The highest BCUT2D eigenvalue weighted by Gasteiger charge is 2.27. The first-order valence-corrected chi connectivity index (χ1v) is 8.21. The molecule has 1 aliphatic heterocycles. The standard InChI is InChI=1S/C18H30N2O/c1-4-8-18(3,15-21)14-19-9-11-20(12-10-19)17-7-5-6-16(2)13-17/h5-7,13,21H,4,8-12,14-15H2,1-3H3. The second-order valence-corrected chi connectivity index (χ2v) is 6.82. The van der Waals surface area contributed by atoms with Crippen molar-refractivity contribution in [3.05, 3.63) is 29.8 Å². The highest BCUT2D eigenvalue weighted by molar-refractivity contribution is 5.48. The summed E-state index contributed by atoms with van der Waals surface area (Å²) >= 11 is 0. The maximum absolute atomic E-state index is 9.67. The molecular formula is C18H30N2O. The highest BCUT2D eigenvalue weighted by atomic mass is 16.3. The quantitative estimate of drug-likeness (QED) is 0.872. The second kappa shape index (κ2) is 7.28. The highest BCUT2D eigenvalue weighted by Crippen LogP contribution is 2.25. The van der Waals surface area contributed by atoms with Gasteiger partial charge in [0, 0.05) is 50.4 Å². The zero-order chi connectivity index (χ0) is 15.3. The Kier molecular flexibility index (Phi) is 5.65. The Morgan fingerprint density at radius 1 is 1.19 bits per heavy atom. The van der Waals surface area contributed by atoms with Crippen LogP contribution in [-0.4, -0.2) is 49.3 Å². The molecule has 0 saturated carbocycles. The van der Waals surface area contributed by atoms with Gasteiger partial charge in [-0.3, -0.25) is 4.90 Å². The Balaban J connectivity index is 1.88. The van der Waals surface area contributed by atoms with Crippen LogP contribution < -0.4 is 4.90 Å². The third kappa shape index (κ3) is 4.45. The molecule has 3 nitrogen and oxygen atoms in total. The molecular weight excluding hydrogens is 260 g/mol. The van der Waals surface area contributed by atoms with E-state index in [-0.39, 0.29) is 5.41 Å². The summed E-state index contributed by atoms with van der Waals surface area (Å²) in [6.07, 6.45) is 2.24. The Labute approximate surface area is 129 Å². The molecule has 3 heteroatoms. The Morgan fingerprint density at radius 3 is 2.48 bits per heavy atom. The Bertz CT molecular complexity index is 441. The van der Waals surface area contributed by atoms with Crippen LogP contribution in [0.5, 0.6) is 0 Å². The number of aliphatic hydroxyl groups is 1. The molecule has 1 saturated heterocycles. The van der Waals surface area contributed by atoms with Crippen LogP contribution in [-0.2, 0) is 0 Å². The lowest BCUT2D eigenvalue weighted by Crippen LogP contribution is -2.50. The molecule has 1 aliphatic rings. The smallest absolute Gasteiger partial charge is 0.0497 e. The van der Waals surface area contributed by atoms with Gasteiger partial charge in [-0.05, 0) is 31.0 Å². The van der Waals surface area contributed by atoms with E-state index < -0.39 is 0 Å². The largest absolute Gasteiger partial charge is 0.396 e. The van der Waals surface area contributed by atoms with Gasteiger partial charge in [-0.2, -0.15) is 0 Å². The van der Waals surface area contributed by atoms with Crippen molar-refractivity contribution in [1.29, 1.82) is 0 Å². The minimum Gasteiger partial charge on any atom is -0.396 e. The zero-order valence-corrected chi connectivity index (χ0v) is 13.8. The van der Waals surface area contributed by atoms with Gasteiger partial charge in [0.15, 0.2) is 0 Å². The summed E-state index contributed by atoms with van der Waals surface area (Å²) in [5, 5.41) is 9.67. The summed E-state index contributed by atoms with van der Waals surface area (Å²) in [4.78, 5) is 4.98. The maximum atomic E-state index is 9.67. The van der Waals surface area contributed by atoms with E-state index >= 15 is 0 Å². The Morgan fingerprint density at radius 2 is 1.90 bits per heavy atom. The van der Waals surface area contributed by atoms with Gasteiger partial charge in [-0.25, -0.2) is 0 Å². The van der Waals surface area contributed by atoms with E-state index in [2.05, 4.69) is 54.8 Å². The molecule has 118 valence electrons. The van der Waals surface area contributed by atoms with Gasteiger partial charge in [0.25, 0.3) is 0 Å². The van der Waals surface area contributed by atoms with Gasteiger partial charge >= 0.3 is 0 Å². The van der Waals surface area contributed by atoms with E-state index in [4.69, 9.17) is 0 Å². The average molecular weight is 290 g/mol. The third-order valence-corrected chi connectivity index (χ3v) is 4.58. The number of aryl methyl sites for hydroxylation is 1. The van der Waals surface area contributed by atoms with Crippen LogP contribution in [0.2, 0.25) is 0 Å². The number of piperazine rings is 1. The molecule has 1 fully saturated rings. The molecule has 0 aromatic heterocycles. The molecule has 0 aliphatic carbocycles. The maximum Gasteiger partial charge on any atom is 0.0497 e. The first kappa shape index (κ1) is 16.3. The van der Waals surface area contributed by atoms with Crippen molar-refractivity contribution in [3.8, 4) is 0 Å². The van der Waals surface area contributed by atoms with Crippen LogP contribution in [0.4, 0.5) is 5.69 Å². The van der Waals surface area contributed by atoms with Gasteiger partial charge < -0.3 is 10.0 Å². The van der Waals surface area contributed by atoms with Crippen LogP contribution in [0.3, 0.4) is 0 Å². The topological polar surface area (TPSA) is 26.7 Å². The molecule has 0 amide bonds. The third-order valence-electron chi connectivity index (χ3n) is 4.58. The first-order valence-electron chi connectivity index (χ1n) is 8.21. The van der Waals surface area contributed by atoms with Gasteiger partial charge in [0.1, 0.15) is 0 Å². The SMILES string of the molecule is CCCC(C)(CO)CN1CCN(c2cccc(C)c2)CC1. The van der Waals surface area contributed by atoms with Crippen molar-refractivity contribution in [1.82, 2.24) is 4.90 Å². The molecule has 0 bridgehead atoms. The Hall–Kier alpha value is -1.06. The van der Waals surface area contributed by atoms with Crippen LogP contribution >= 0.6 is 0 Å². The molecule has 0 radical (unpaired) electrons. The van der Waals surface area contributed by atoms with Gasteiger partial charge in [-0.15, -0.1) is 0 Å². The van der Waals surface area contributed by atoms with Crippen molar-refractivity contribution in [2.45, 2.75) is 33.6 Å². The number of hydrogen-bond donors (Lipinski definition) is 1. The second-order valence-electron chi connectivity index (χ2n) is 6.82. The van der Waals surface area contributed by atoms with E-state index in [0.717, 1.165) is 45.6 Å². The number of rotatable bonds is 6. The lowest BCUT2D eigenvalue weighted by molar-refractivity contribution is 0.0771. The fourth-order valence-electron chi connectivity index (χ4n) is 3.34. The molecule has 2 rings (SSSR count). The number of hydrogen-bond acceptors (Lipinski definition) is 3. The molecule has 1 atom stereocenters. The van der Waals surface area contributed by atoms with Gasteiger partial charge in [0.2, 0.25) is 0 Å². The van der Waals surface area contributed by atoms with Crippen LogP contribution in [0.1, 0.15) is 32.3 Å². The van der Waals surface area contributed by atoms with Crippen molar-refractivity contribution in [3.63, 3.8) is 0 Å². The minimum atomic E-state index is 0.0558. The molecule has 1 N–H and O–H groups in total. The molecule has 0 spiro atoms. The fraction of sp³-hybridized carbons (Fsp3) is 0.667. The summed E-state index contributed by atoms with van der Waals surface area (Å²) < 4.78 is 0. The van der Waals surface area contributed by atoms with Crippen molar-refractivity contribution in [2.75, 3.05) is 44.2 Å². The lowest BCUT2D eigenvalue weighted by atomic mass is 9.86. The normalized spacial score (nSPS) is 19.5. The van der Waals surface area contributed by atoms with Crippen molar-refractivity contribution < 1.29 is 5.11 Å². The minimum absolute atomic E-state index is 0.0558. The van der Waals surface area contributed by atoms with Crippen LogP contribution in [0, 0.1) is 12.3 Å². The summed E-state index contributed by atoms with van der Waals surface area (Å²) in [7, 11) is 0. The van der Waals surface area contributed by atoms with Crippen LogP contribution in [0.25, 0.3) is 0 Å². The molecule has 21 heavy (non-hydrogen) atoms. The summed E-state index contributed by atoms with van der Waals surface area (Å²) in [6.45, 7) is 12.2. The number of anilines is 1. The van der Waals surface area contributed by atoms with Crippen molar-refractivity contribution in [2.24, 2.45) is 5.41 Å². The summed E-state index contributed by atoms with van der Waals surface area (Å²) in [6, 6.07) is 8.76. The number of nitrogens with zero attached hydrogens (tertiary/aromatic N) is 2. The van der Waals surface area contributed by atoms with E-state index in [1.165, 1.54) is 11.3 Å². The van der Waals surface area contributed by atoms with E-state index in [1.807, 2.05) is 0 Å². The van der Waals surface area contributed by atoms with Gasteiger partial charge in [-0.1, -0.05) is 32.4 Å². The first-order chi connectivity index (χ1) is 10.1. The fourth-order valence-corrected chi connectivity index (χ4v) is 3.34.